The summed E-state index contributed by atoms with van der Waals surface area (Å²) < 4.78 is 12.1. The summed E-state index contributed by atoms with van der Waals surface area (Å²) in [5.74, 6) is 0.291. The average molecular weight is 476 g/mol. The molecule has 34 heavy (non-hydrogen) atoms. The van der Waals surface area contributed by atoms with Crippen molar-refractivity contribution in [1.29, 1.82) is 0 Å². The SMILES string of the molecule is COC(=O)c1ccc(-n2c(C)cc(/C=C3/SC(=Nc4ccc(OC)cc4)N(C)C3=O)c2C)cc1. The van der Waals surface area contributed by atoms with Gasteiger partial charge in [0, 0.05) is 24.1 Å². The number of carbonyl (C=O) groups excluding carboxylic acids is 2. The van der Waals surface area contributed by atoms with Crippen LogP contribution in [0, 0.1) is 13.8 Å². The number of aryl methyl sites for hydroxylation is 1. The number of ether oxygens (including phenoxy) is 2. The highest BCUT2D eigenvalue weighted by Gasteiger charge is 2.30. The minimum absolute atomic E-state index is 0.0931. The van der Waals surface area contributed by atoms with Gasteiger partial charge in [0.05, 0.1) is 30.4 Å². The Balaban J connectivity index is 1.62. The van der Waals surface area contributed by atoms with Crippen molar-refractivity contribution in [2.75, 3.05) is 21.3 Å². The lowest BCUT2D eigenvalue weighted by molar-refractivity contribution is -0.121. The van der Waals surface area contributed by atoms with Crippen molar-refractivity contribution in [3.63, 3.8) is 0 Å². The Hall–Kier alpha value is -3.78. The van der Waals surface area contributed by atoms with Gasteiger partial charge in [0.25, 0.3) is 5.91 Å². The van der Waals surface area contributed by atoms with Crippen LogP contribution in [-0.2, 0) is 9.53 Å². The van der Waals surface area contributed by atoms with E-state index in [1.54, 1.807) is 31.2 Å². The Morgan fingerprint density at radius 2 is 1.71 bits per heavy atom. The first-order valence-corrected chi connectivity index (χ1v) is 11.4. The number of amides is 1. The lowest BCUT2D eigenvalue weighted by Gasteiger charge is -2.10. The van der Waals surface area contributed by atoms with Crippen molar-refractivity contribution in [1.82, 2.24) is 9.47 Å². The Bertz CT molecular complexity index is 1310. The Morgan fingerprint density at radius 1 is 1.03 bits per heavy atom. The number of rotatable bonds is 5. The molecule has 1 aliphatic heterocycles. The standard InChI is InChI=1S/C26H25N3O4S/c1-16-14-19(17(2)29(16)21-10-6-18(7-11-21)25(31)33-5)15-23-24(30)28(3)26(34-23)27-20-8-12-22(32-4)13-9-20/h6-15H,1-5H3/b23-15+,27-26?. The van der Waals surface area contributed by atoms with Gasteiger partial charge in [-0.3, -0.25) is 9.69 Å². The minimum Gasteiger partial charge on any atom is -0.497 e. The van der Waals surface area contributed by atoms with Crippen LogP contribution in [0.25, 0.3) is 11.8 Å². The zero-order valence-corrected chi connectivity index (χ0v) is 20.5. The molecular weight excluding hydrogens is 450 g/mol. The summed E-state index contributed by atoms with van der Waals surface area (Å²) >= 11 is 1.35. The molecular formula is C26H25N3O4S. The van der Waals surface area contributed by atoms with E-state index in [-0.39, 0.29) is 11.9 Å². The van der Waals surface area contributed by atoms with Crippen LogP contribution in [0.5, 0.6) is 5.75 Å². The highest BCUT2D eigenvalue weighted by molar-refractivity contribution is 8.18. The smallest absolute Gasteiger partial charge is 0.337 e. The van der Waals surface area contributed by atoms with Gasteiger partial charge < -0.3 is 14.0 Å². The molecule has 8 heteroatoms. The second-order valence-corrected chi connectivity index (χ2v) is 8.78. The maximum absolute atomic E-state index is 12.9. The third kappa shape index (κ3) is 4.49. The van der Waals surface area contributed by atoms with Crippen LogP contribution in [-0.4, -0.2) is 47.8 Å². The predicted molar refractivity (Wildman–Crippen MR) is 135 cm³/mol. The van der Waals surface area contributed by atoms with E-state index < -0.39 is 0 Å². The molecule has 1 saturated heterocycles. The van der Waals surface area contributed by atoms with E-state index in [9.17, 15) is 9.59 Å². The maximum Gasteiger partial charge on any atom is 0.337 e. The van der Waals surface area contributed by atoms with Crippen molar-refractivity contribution in [2.24, 2.45) is 4.99 Å². The Labute approximate surface area is 202 Å². The van der Waals surface area contributed by atoms with Crippen LogP contribution < -0.4 is 4.74 Å². The second kappa shape index (κ2) is 9.61. The zero-order valence-electron chi connectivity index (χ0n) is 19.7. The fourth-order valence-electron chi connectivity index (χ4n) is 3.76. The third-order valence-corrected chi connectivity index (χ3v) is 6.66. The molecule has 4 rings (SSSR count). The van der Waals surface area contributed by atoms with Gasteiger partial charge in [0.2, 0.25) is 0 Å². The molecule has 1 aromatic heterocycles. The van der Waals surface area contributed by atoms with E-state index in [1.807, 2.05) is 62.4 Å². The van der Waals surface area contributed by atoms with Crippen LogP contribution in [0.15, 0.2) is 64.5 Å². The summed E-state index contributed by atoms with van der Waals surface area (Å²) in [6.07, 6.45) is 1.90. The number of hydrogen-bond acceptors (Lipinski definition) is 6. The summed E-state index contributed by atoms with van der Waals surface area (Å²) in [6, 6.07) is 16.7. The number of esters is 1. The molecule has 1 aliphatic rings. The maximum atomic E-state index is 12.9. The number of methoxy groups -OCH3 is 2. The summed E-state index contributed by atoms with van der Waals surface area (Å²) in [4.78, 5) is 31.4. The van der Waals surface area contributed by atoms with Crippen molar-refractivity contribution < 1.29 is 19.1 Å². The van der Waals surface area contributed by atoms with Gasteiger partial charge in [-0.1, -0.05) is 0 Å². The topological polar surface area (TPSA) is 73.1 Å². The number of benzene rings is 2. The van der Waals surface area contributed by atoms with Crippen molar-refractivity contribution in [3.8, 4) is 11.4 Å². The number of nitrogens with zero attached hydrogens (tertiary/aromatic N) is 3. The summed E-state index contributed by atoms with van der Waals surface area (Å²) in [7, 11) is 4.71. The highest BCUT2D eigenvalue weighted by atomic mass is 32.2. The molecule has 0 spiro atoms. The van der Waals surface area contributed by atoms with Crippen molar-refractivity contribution in [3.05, 3.63) is 82.0 Å². The van der Waals surface area contributed by atoms with Gasteiger partial charge in [0.15, 0.2) is 5.17 Å². The van der Waals surface area contributed by atoms with E-state index in [4.69, 9.17) is 9.47 Å². The summed E-state index contributed by atoms with van der Waals surface area (Å²) in [5, 5.41) is 0.619. The van der Waals surface area contributed by atoms with E-state index in [0.29, 0.717) is 15.6 Å². The fraction of sp³-hybridized carbons (Fsp3) is 0.192. The van der Waals surface area contributed by atoms with Crippen molar-refractivity contribution >= 4 is 40.6 Å². The summed E-state index contributed by atoms with van der Waals surface area (Å²) in [5.41, 5.74) is 5.13. The van der Waals surface area contributed by atoms with Gasteiger partial charge in [-0.05, 0) is 91.8 Å². The molecule has 7 nitrogen and oxygen atoms in total. The van der Waals surface area contributed by atoms with Gasteiger partial charge in [0.1, 0.15) is 5.75 Å². The molecule has 174 valence electrons. The van der Waals surface area contributed by atoms with Gasteiger partial charge in [-0.2, -0.15) is 0 Å². The number of aromatic nitrogens is 1. The predicted octanol–water partition coefficient (Wildman–Crippen LogP) is 5.12. The lowest BCUT2D eigenvalue weighted by atomic mass is 10.2. The Kier molecular flexibility index (Phi) is 6.61. The van der Waals surface area contributed by atoms with Crippen LogP contribution in [0.2, 0.25) is 0 Å². The molecule has 0 aliphatic carbocycles. The summed E-state index contributed by atoms with van der Waals surface area (Å²) in [6.45, 7) is 4.02. The number of thioether (sulfide) groups is 1. The molecule has 0 unspecified atom stereocenters. The van der Waals surface area contributed by atoms with Gasteiger partial charge >= 0.3 is 5.97 Å². The van der Waals surface area contributed by atoms with Crippen LogP contribution in [0.3, 0.4) is 0 Å². The Morgan fingerprint density at radius 3 is 2.32 bits per heavy atom. The van der Waals surface area contributed by atoms with Gasteiger partial charge in [-0.25, -0.2) is 9.79 Å². The molecule has 0 radical (unpaired) electrons. The third-order valence-electron chi connectivity index (χ3n) is 5.60. The zero-order chi connectivity index (χ0) is 24.4. The molecule has 0 saturated carbocycles. The van der Waals surface area contributed by atoms with Crippen LogP contribution >= 0.6 is 11.8 Å². The number of aliphatic imine (C=N–C) groups is 1. The van der Waals surface area contributed by atoms with Gasteiger partial charge in [-0.15, -0.1) is 0 Å². The number of amidine groups is 1. The first-order chi connectivity index (χ1) is 16.3. The molecule has 3 aromatic rings. The molecule has 1 fully saturated rings. The average Bonchev–Trinajstić information content (AvgIpc) is 3.28. The molecule has 0 N–H and O–H groups in total. The van der Waals surface area contributed by atoms with E-state index in [2.05, 4.69) is 9.56 Å². The van der Waals surface area contributed by atoms with E-state index in [1.165, 1.54) is 18.9 Å². The largest absolute Gasteiger partial charge is 0.497 e. The van der Waals surface area contributed by atoms with E-state index in [0.717, 1.165) is 34.1 Å². The first-order valence-electron chi connectivity index (χ1n) is 10.6. The molecule has 0 atom stereocenters. The lowest BCUT2D eigenvalue weighted by Crippen LogP contribution is -2.23. The minimum atomic E-state index is -0.370. The number of carbonyl (C=O) groups is 2. The monoisotopic (exact) mass is 475 g/mol. The van der Waals surface area contributed by atoms with Crippen LogP contribution in [0.1, 0.15) is 27.3 Å². The second-order valence-electron chi connectivity index (χ2n) is 7.77. The first kappa shape index (κ1) is 23.4. The highest BCUT2D eigenvalue weighted by Crippen LogP contribution is 2.34. The van der Waals surface area contributed by atoms with Crippen LogP contribution in [0.4, 0.5) is 5.69 Å². The number of hydrogen-bond donors (Lipinski definition) is 0. The van der Waals surface area contributed by atoms with Crippen molar-refractivity contribution in [2.45, 2.75) is 13.8 Å². The molecule has 1 amide bonds. The quantitative estimate of drug-likeness (QED) is 0.378. The normalized spacial score (nSPS) is 15.9. The van der Waals surface area contributed by atoms with E-state index >= 15 is 0 Å². The molecule has 2 heterocycles. The fourth-order valence-corrected chi connectivity index (χ4v) is 4.73. The molecule has 0 bridgehead atoms. The number of likely N-dealkylation sites (N-methyl/N-ethyl adjacent to an activating group) is 1. The molecule has 2 aromatic carbocycles.